The van der Waals surface area contributed by atoms with Gasteiger partial charge in [-0.25, -0.2) is 0 Å². The lowest BCUT2D eigenvalue weighted by molar-refractivity contribution is -0.313. The van der Waals surface area contributed by atoms with Crippen LogP contribution in [-0.4, -0.2) is 102 Å². The van der Waals surface area contributed by atoms with Gasteiger partial charge in [0.05, 0.1) is 19.1 Å². The molecule has 1 aliphatic heterocycles. The largest absolute Gasteiger partial charge is 0.463 e. The summed E-state index contributed by atoms with van der Waals surface area (Å²) in [4.78, 5) is 49.6. The number of aliphatic hydroxyl groups excluding tert-OH is 3. The fourth-order valence-electron chi connectivity index (χ4n) is 5.13. The van der Waals surface area contributed by atoms with E-state index in [4.69, 9.17) is 28.4 Å². The summed E-state index contributed by atoms with van der Waals surface area (Å²) >= 11 is 0. The molecule has 0 aliphatic carbocycles. The zero-order valence-corrected chi connectivity index (χ0v) is 29.1. The first-order valence-corrected chi connectivity index (χ1v) is 17.4. The molecule has 274 valence electrons. The van der Waals surface area contributed by atoms with E-state index in [0.29, 0.717) is 6.42 Å². The molecule has 0 aromatic heterocycles. The van der Waals surface area contributed by atoms with Crippen molar-refractivity contribution in [2.45, 2.75) is 167 Å². The standard InChI is InChI=1S/C34H60O13/c1-6-7-8-9-10-11-12-13-14-15-16-17-18-19-29(40)46-31-30(44-25(5)37)28(22-42-24(4)36)45-34(32(31)47-33(41)23(2)3)43-21-27(39)26(38)20-35/h23,26-28,30-32,34-35,38-39H,6-22H2,1-5H3. The zero-order valence-electron chi connectivity index (χ0n) is 29.1. The molecule has 0 bridgehead atoms. The van der Waals surface area contributed by atoms with Crippen LogP contribution in [0.4, 0.5) is 0 Å². The van der Waals surface area contributed by atoms with Crippen LogP contribution in [0.5, 0.6) is 0 Å². The van der Waals surface area contributed by atoms with Crippen LogP contribution in [0.15, 0.2) is 0 Å². The number of hydrogen-bond acceptors (Lipinski definition) is 13. The highest BCUT2D eigenvalue weighted by atomic mass is 16.7. The number of rotatable bonds is 25. The molecule has 0 aromatic carbocycles. The molecule has 3 N–H and O–H groups in total. The summed E-state index contributed by atoms with van der Waals surface area (Å²) in [6, 6.07) is 0. The average molecular weight is 677 g/mol. The van der Waals surface area contributed by atoms with Crippen molar-refractivity contribution < 1.29 is 62.9 Å². The molecule has 0 amide bonds. The van der Waals surface area contributed by atoms with E-state index in [-0.39, 0.29) is 6.42 Å². The van der Waals surface area contributed by atoms with Crippen LogP contribution in [-0.2, 0) is 47.6 Å². The van der Waals surface area contributed by atoms with E-state index in [2.05, 4.69) is 6.92 Å². The Hall–Kier alpha value is -2.32. The quantitative estimate of drug-likeness (QED) is 0.0719. The van der Waals surface area contributed by atoms with Crippen LogP contribution in [0.3, 0.4) is 0 Å². The first-order chi connectivity index (χ1) is 22.4. The predicted molar refractivity (Wildman–Crippen MR) is 171 cm³/mol. The molecule has 7 atom stereocenters. The molecule has 0 radical (unpaired) electrons. The molecule has 1 rings (SSSR count). The molecule has 13 nitrogen and oxygen atoms in total. The third kappa shape index (κ3) is 18.1. The molecule has 0 spiro atoms. The van der Waals surface area contributed by atoms with Crippen molar-refractivity contribution in [1.82, 2.24) is 0 Å². The van der Waals surface area contributed by atoms with Gasteiger partial charge in [-0.05, 0) is 6.42 Å². The molecule has 1 saturated heterocycles. The average Bonchev–Trinajstić information content (AvgIpc) is 3.02. The van der Waals surface area contributed by atoms with Gasteiger partial charge in [0.15, 0.2) is 24.6 Å². The summed E-state index contributed by atoms with van der Waals surface area (Å²) in [5.41, 5.74) is 0. The van der Waals surface area contributed by atoms with Crippen LogP contribution < -0.4 is 0 Å². The molecule has 1 aliphatic rings. The van der Waals surface area contributed by atoms with Gasteiger partial charge in [0.1, 0.15) is 24.9 Å². The van der Waals surface area contributed by atoms with Crippen LogP contribution in [0.2, 0.25) is 0 Å². The second-order valence-electron chi connectivity index (χ2n) is 12.6. The highest BCUT2D eigenvalue weighted by Crippen LogP contribution is 2.31. The minimum absolute atomic E-state index is 0.0638. The summed E-state index contributed by atoms with van der Waals surface area (Å²) in [6.07, 6.45) is 4.92. The number of hydrogen-bond donors (Lipinski definition) is 3. The maximum atomic E-state index is 13.1. The smallest absolute Gasteiger partial charge is 0.308 e. The molecule has 1 fully saturated rings. The monoisotopic (exact) mass is 676 g/mol. The normalized spacial score (nSPS) is 22.4. The second kappa shape index (κ2) is 24.8. The van der Waals surface area contributed by atoms with E-state index >= 15 is 0 Å². The highest BCUT2D eigenvalue weighted by Gasteiger charge is 2.53. The van der Waals surface area contributed by atoms with Crippen LogP contribution >= 0.6 is 0 Å². The molecular weight excluding hydrogens is 616 g/mol. The maximum Gasteiger partial charge on any atom is 0.308 e. The number of carbonyl (C=O) groups excluding carboxylic acids is 4. The lowest BCUT2D eigenvalue weighted by Gasteiger charge is -2.44. The Kier molecular flexibility index (Phi) is 22.5. The van der Waals surface area contributed by atoms with Crippen LogP contribution in [0.1, 0.15) is 125 Å². The number of unbranched alkanes of at least 4 members (excludes halogenated alkanes) is 12. The van der Waals surface area contributed by atoms with Gasteiger partial charge < -0.3 is 43.7 Å². The third-order valence-corrected chi connectivity index (χ3v) is 7.88. The Balaban J connectivity index is 2.93. The second-order valence-corrected chi connectivity index (χ2v) is 12.6. The number of aliphatic hydroxyl groups is 3. The molecule has 47 heavy (non-hydrogen) atoms. The summed E-state index contributed by atoms with van der Waals surface area (Å²) in [7, 11) is 0. The van der Waals surface area contributed by atoms with Gasteiger partial charge in [0.25, 0.3) is 0 Å². The molecular formula is C34H60O13. The minimum atomic E-state index is -1.54. The molecule has 0 aromatic rings. The Morgan fingerprint density at radius 2 is 1.26 bits per heavy atom. The van der Waals surface area contributed by atoms with Gasteiger partial charge in [-0.2, -0.15) is 0 Å². The van der Waals surface area contributed by atoms with Gasteiger partial charge in [-0.1, -0.05) is 97.8 Å². The third-order valence-electron chi connectivity index (χ3n) is 7.88. The Bertz CT molecular complexity index is 895. The molecule has 0 saturated carbocycles. The number of carbonyl (C=O) groups is 4. The summed E-state index contributed by atoms with van der Waals surface area (Å²) in [5, 5.41) is 29.1. The van der Waals surface area contributed by atoms with E-state index in [9.17, 15) is 34.5 Å². The van der Waals surface area contributed by atoms with Crippen molar-refractivity contribution in [3.63, 3.8) is 0 Å². The Morgan fingerprint density at radius 1 is 0.702 bits per heavy atom. The van der Waals surface area contributed by atoms with E-state index < -0.39 is 92.5 Å². The van der Waals surface area contributed by atoms with Crippen molar-refractivity contribution in [3.8, 4) is 0 Å². The van der Waals surface area contributed by atoms with E-state index in [0.717, 1.165) is 32.6 Å². The summed E-state index contributed by atoms with van der Waals surface area (Å²) in [5.74, 6) is -3.33. The van der Waals surface area contributed by atoms with E-state index in [1.807, 2.05) is 0 Å². The van der Waals surface area contributed by atoms with Crippen molar-refractivity contribution >= 4 is 23.9 Å². The molecule has 1 heterocycles. The van der Waals surface area contributed by atoms with E-state index in [1.54, 1.807) is 13.8 Å². The topological polar surface area (TPSA) is 184 Å². The zero-order chi connectivity index (χ0) is 35.2. The van der Waals surface area contributed by atoms with Crippen LogP contribution in [0, 0.1) is 5.92 Å². The van der Waals surface area contributed by atoms with Crippen molar-refractivity contribution in [2.24, 2.45) is 5.92 Å². The minimum Gasteiger partial charge on any atom is -0.463 e. The van der Waals surface area contributed by atoms with Crippen molar-refractivity contribution in [2.75, 3.05) is 19.8 Å². The summed E-state index contributed by atoms with van der Waals surface area (Å²) < 4.78 is 33.6. The Labute approximate surface area is 279 Å². The maximum absolute atomic E-state index is 13.1. The molecule has 7 unspecified atom stereocenters. The number of esters is 4. The van der Waals surface area contributed by atoms with Gasteiger partial charge in [-0.3, -0.25) is 19.2 Å². The summed E-state index contributed by atoms with van der Waals surface area (Å²) in [6.45, 7) is 5.97. The SMILES string of the molecule is CCCCCCCCCCCCCCCC(=O)OC1C(OC(C)=O)C(COC(C)=O)OC(OCC(O)C(O)CO)C1OC(=O)C(C)C. The van der Waals surface area contributed by atoms with Crippen molar-refractivity contribution in [3.05, 3.63) is 0 Å². The van der Waals surface area contributed by atoms with Crippen molar-refractivity contribution in [1.29, 1.82) is 0 Å². The van der Waals surface area contributed by atoms with Gasteiger partial charge in [0, 0.05) is 20.3 Å². The lowest BCUT2D eigenvalue weighted by atomic mass is 9.97. The first-order valence-electron chi connectivity index (χ1n) is 17.4. The van der Waals surface area contributed by atoms with Gasteiger partial charge in [0.2, 0.25) is 0 Å². The van der Waals surface area contributed by atoms with Gasteiger partial charge in [-0.15, -0.1) is 0 Å². The fraction of sp³-hybridized carbons (Fsp3) is 0.882. The predicted octanol–water partition coefficient (Wildman–Crippen LogP) is 3.90. The fourth-order valence-corrected chi connectivity index (χ4v) is 5.13. The highest BCUT2D eigenvalue weighted by molar-refractivity contribution is 5.72. The molecule has 13 heteroatoms. The first kappa shape index (κ1) is 42.7. The van der Waals surface area contributed by atoms with Crippen LogP contribution in [0.25, 0.3) is 0 Å². The van der Waals surface area contributed by atoms with Gasteiger partial charge >= 0.3 is 23.9 Å². The number of ether oxygens (including phenoxy) is 6. The Morgan fingerprint density at radius 3 is 1.74 bits per heavy atom. The lowest BCUT2D eigenvalue weighted by Crippen LogP contribution is -2.63. The van der Waals surface area contributed by atoms with E-state index in [1.165, 1.54) is 58.3 Å².